The van der Waals surface area contributed by atoms with Gasteiger partial charge in [-0.25, -0.2) is 4.98 Å². The lowest BCUT2D eigenvalue weighted by Gasteiger charge is -2.21. The summed E-state index contributed by atoms with van der Waals surface area (Å²) < 4.78 is 7.42. The highest BCUT2D eigenvalue weighted by Gasteiger charge is 2.18. The molecule has 1 heterocycles. The number of ether oxygens (including phenoxy) is 1. The van der Waals surface area contributed by atoms with Gasteiger partial charge < -0.3 is 15.0 Å². The summed E-state index contributed by atoms with van der Waals surface area (Å²) in [5.74, 6) is 0.893. The fourth-order valence-corrected chi connectivity index (χ4v) is 1.88. The zero-order chi connectivity index (χ0) is 12.1. The zero-order valence-electron chi connectivity index (χ0n) is 10.7. The van der Waals surface area contributed by atoms with Crippen LogP contribution in [0.3, 0.4) is 0 Å². The maximum absolute atomic E-state index is 5.82. The predicted molar refractivity (Wildman–Crippen MR) is 65.3 cm³/mol. The monoisotopic (exact) mass is 225 g/mol. The first-order valence-electron chi connectivity index (χ1n) is 5.83. The molecule has 0 amide bonds. The Hall–Kier alpha value is -0.870. The third-order valence-corrected chi connectivity index (χ3v) is 3.04. The molecule has 1 aromatic heterocycles. The van der Waals surface area contributed by atoms with Crippen LogP contribution >= 0.6 is 0 Å². The van der Waals surface area contributed by atoms with E-state index in [0.717, 1.165) is 6.54 Å². The van der Waals surface area contributed by atoms with Crippen LogP contribution in [0.1, 0.15) is 32.4 Å². The van der Waals surface area contributed by atoms with Crippen LogP contribution in [0.15, 0.2) is 12.5 Å². The molecule has 0 saturated heterocycles. The molecule has 0 aliphatic heterocycles. The number of nitrogens with two attached hydrogens (primary N) is 1. The normalized spacial score (nSPS) is 15.4. The topological polar surface area (TPSA) is 53.1 Å². The minimum Gasteiger partial charge on any atom is -0.380 e. The second kappa shape index (κ2) is 6.01. The average Bonchev–Trinajstić information content (AvgIpc) is 2.67. The molecule has 2 unspecified atom stereocenters. The van der Waals surface area contributed by atoms with Crippen molar-refractivity contribution in [2.45, 2.75) is 39.3 Å². The Morgan fingerprint density at radius 3 is 2.62 bits per heavy atom. The van der Waals surface area contributed by atoms with E-state index in [4.69, 9.17) is 10.5 Å². The molecule has 0 fully saturated rings. The molecule has 0 saturated carbocycles. The van der Waals surface area contributed by atoms with E-state index in [1.54, 1.807) is 7.11 Å². The summed E-state index contributed by atoms with van der Waals surface area (Å²) in [7, 11) is 1.73. The van der Waals surface area contributed by atoms with Crippen LogP contribution in [0.5, 0.6) is 0 Å². The minimum absolute atomic E-state index is 0.193. The van der Waals surface area contributed by atoms with Gasteiger partial charge in [0, 0.05) is 38.0 Å². The van der Waals surface area contributed by atoms with Crippen molar-refractivity contribution in [1.29, 1.82) is 0 Å². The molecule has 0 aromatic carbocycles. The molecule has 4 nitrogen and oxygen atoms in total. The third kappa shape index (κ3) is 3.06. The van der Waals surface area contributed by atoms with E-state index in [1.165, 1.54) is 5.69 Å². The Balaban J connectivity index is 2.83. The lowest BCUT2D eigenvalue weighted by molar-refractivity contribution is 0.102. The predicted octanol–water partition coefficient (Wildman–Crippen LogP) is 1.62. The second-order valence-electron chi connectivity index (χ2n) is 4.60. The first-order chi connectivity index (χ1) is 7.60. The van der Waals surface area contributed by atoms with Crippen molar-refractivity contribution >= 4 is 0 Å². The van der Waals surface area contributed by atoms with Crippen LogP contribution in [-0.4, -0.2) is 29.3 Å². The molecule has 1 aromatic rings. The maximum atomic E-state index is 5.82. The highest BCUT2D eigenvalue weighted by molar-refractivity contribution is 5.08. The molecule has 0 aliphatic carbocycles. The van der Waals surface area contributed by atoms with E-state index >= 15 is 0 Å². The highest BCUT2D eigenvalue weighted by atomic mass is 16.5. The molecule has 0 radical (unpaired) electrons. The van der Waals surface area contributed by atoms with E-state index in [2.05, 4.69) is 30.3 Å². The maximum Gasteiger partial charge on any atom is 0.0949 e. The Morgan fingerprint density at radius 2 is 2.12 bits per heavy atom. The molecule has 4 heteroatoms. The van der Waals surface area contributed by atoms with E-state index in [0.29, 0.717) is 18.4 Å². The number of methoxy groups -OCH3 is 1. The lowest BCUT2D eigenvalue weighted by atomic mass is 9.93. The van der Waals surface area contributed by atoms with Gasteiger partial charge in [0.1, 0.15) is 0 Å². The van der Waals surface area contributed by atoms with Crippen molar-refractivity contribution < 1.29 is 4.74 Å². The summed E-state index contributed by atoms with van der Waals surface area (Å²) in [5.41, 5.74) is 7.03. The molecular weight excluding hydrogens is 202 g/mol. The Bertz CT molecular complexity index is 309. The Labute approximate surface area is 97.8 Å². The smallest absolute Gasteiger partial charge is 0.0949 e. The molecule has 1 rings (SSSR count). The summed E-state index contributed by atoms with van der Waals surface area (Å²) in [6, 6.07) is 0. The molecule has 92 valence electrons. The van der Waals surface area contributed by atoms with Gasteiger partial charge in [0.15, 0.2) is 0 Å². The van der Waals surface area contributed by atoms with Crippen molar-refractivity contribution in [2.24, 2.45) is 11.7 Å². The number of rotatable bonds is 6. The molecule has 2 atom stereocenters. The number of hydrogen-bond donors (Lipinski definition) is 1. The molecule has 0 bridgehead atoms. The van der Waals surface area contributed by atoms with Crippen LogP contribution in [0, 0.1) is 5.92 Å². The van der Waals surface area contributed by atoms with Gasteiger partial charge in [-0.15, -0.1) is 0 Å². The van der Waals surface area contributed by atoms with Gasteiger partial charge in [0.25, 0.3) is 0 Å². The molecule has 16 heavy (non-hydrogen) atoms. The van der Waals surface area contributed by atoms with Gasteiger partial charge in [-0.05, 0) is 12.8 Å². The first kappa shape index (κ1) is 13.2. The van der Waals surface area contributed by atoms with Gasteiger partial charge >= 0.3 is 0 Å². The Morgan fingerprint density at radius 1 is 1.44 bits per heavy atom. The summed E-state index contributed by atoms with van der Waals surface area (Å²) >= 11 is 0. The van der Waals surface area contributed by atoms with Gasteiger partial charge in [-0.2, -0.15) is 0 Å². The van der Waals surface area contributed by atoms with E-state index in [-0.39, 0.29) is 6.10 Å². The molecular formula is C12H23N3O. The van der Waals surface area contributed by atoms with Crippen LogP contribution in [0.4, 0.5) is 0 Å². The number of imidazole rings is 1. The number of nitrogens with zero attached hydrogens (tertiary/aromatic N) is 2. The largest absolute Gasteiger partial charge is 0.380 e. The van der Waals surface area contributed by atoms with Gasteiger partial charge in [-0.3, -0.25) is 0 Å². The lowest BCUT2D eigenvalue weighted by Crippen LogP contribution is -2.23. The zero-order valence-corrected chi connectivity index (χ0v) is 10.7. The van der Waals surface area contributed by atoms with E-state index in [9.17, 15) is 0 Å². The van der Waals surface area contributed by atoms with Gasteiger partial charge in [0.05, 0.1) is 12.4 Å². The summed E-state index contributed by atoms with van der Waals surface area (Å²) in [6.45, 7) is 7.92. The van der Waals surface area contributed by atoms with Gasteiger partial charge in [-0.1, -0.05) is 13.8 Å². The summed E-state index contributed by atoms with van der Waals surface area (Å²) in [5, 5.41) is 0. The van der Waals surface area contributed by atoms with Crippen molar-refractivity contribution in [3.8, 4) is 0 Å². The number of hydrogen-bond acceptors (Lipinski definition) is 3. The van der Waals surface area contributed by atoms with E-state index < -0.39 is 0 Å². The van der Waals surface area contributed by atoms with E-state index in [1.807, 2.05) is 12.5 Å². The van der Waals surface area contributed by atoms with Crippen molar-refractivity contribution in [2.75, 3.05) is 13.7 Å². The molecule has 0 spiro atoms. The highest BCUT2D eigenvalue weighted by Crippen LogP contribution is 2.23. The van der Waals surface area contributed by atoms with Crippen molar-refractivity contribution in [3.05, 3.63) is 18.2 Å². The molecule has 2 N–H and O–H groups in total. The fourth-order valence-electron chi connectivity index (χ4n) is 1.88. The van der Waals surface area contributed by atoms with Crippen LogP contribution < -0.4 is 5.73 Å². The van der Waals surface area contributed by atoms with Crippen molar-refractivity contribution in [1.82, 2.24) is 9.55 Å². The van der Waals surface area contributed by atoms with Crippen LogP contribution in [0.25, 0.3) is 0 Å². The molecule has 0 aliphatic rings. The van der Waals surface area contributed by atoms with Crippen LogP contribution in [0.2, 0.25) is 0 Å². The van der Waals surface area contributed by atoms with Gasteiger partial charge in [0.2, 0.25) is 0 Å². The second-order valence-corrected chi connectivity index (χ2v) is 4.60. The fraction of sp³-hybridized carbons (Fsp3) is 0.750. The summed E-state index contributed by atoms with van der Waals surface area (Å²) in [6.07, 6.45) is 3.97. The third-order valence-electron chi connectivity index (χ3n) is 3.04. The average molecular weight is 225 g/mol. The number of aromatic nitrogens is 2. The van der Waals surface area contributed by atoms with Crippen molar-refractivity contribution in [3.63, 3.8) is 0 Å². The minimum atomic E-state index is 0.193. The Kier molecular flexibility index (Phi) is 4.96. The first-order valence-corrected chi connectivity index (χ1v) is 5.83. The van der Waals surface area contributed by atoms with Crippen LogP contribution in [-0.2, 0) is 11.3 Å². The SMILES string of the molecule is COC(C)Cn1cncc1C(CN)C(C)C. The summed E-state index contributed by atoms with van der Waals surface area (Å²) in [4.78, 5) is 4.21. The quantitative estimate of drug-likeness (QED) is 0.800. The standard InChI is InChI=1S/C12H23N3O/c1-9(2)11(5-13)12-6-14-8-15(12)7-10(3)16-4/h6,8-11H,5,7,13H2,1-4H3.